The number of ether oxygens (including phenoxy) is 1. The molecule has 1 fully saturated rings. The highest BCUT2D eigenvalue weighted by atomic mass is 32.2. The number of benzene rings is 1. The second-order valence-electron chi connectivity index (χ2n) is 4.63. The highest BCUT2D eigenvalue weighted by Crippen LogP contribution is 2.23. The molecule has 1 heterocycles. The fourth-order valence-corrected chi connectivity index (χ4v) is 3.48. The molecule has 1 saturated heterocycles. The standard InChI is InChI=1S/C12H16O7S/c13-9-8(19-12(16)11(15)10(9)14)6-20(17,18)7-4-2-1-3-5-7/h1-5,8-16H,6H2/t8-,9-,10+,11+,12+/m1/s1. The molecule has 1 aromatic rings. The molecule has 5 atom stereocenters. The minimum absolute atomic E-state index is 0.0471. The molecule has 0 unspecified atom stereocenters. The van der Waals surface area contributed by atoms with Crippen molar-refractivity contribution >= 4 is 9.84 Å². The Hall–Kier alpha value is -1.03. The van der Waals surface area contributed by atoms with Crippen molar-refractivity contribution in [3.8, 4) is 0 Å². The Bertz CT molecular complexity index is 544. The van der Waals surface area contributed by atoms with Crippen molar-refractivity contribution in [2.24, 2.45) is 0 Å². The first-order valence-corrected chi connectivity index (χ1v) is 7.63. The van der Waals surface area contributed by atoms with E-state index in [0.717, 1.165) is 0 Å². The van der Waals surface area contributed by atoms with Crippen LogP contribution in [0.5, 0.6) is 0 Å². The first-order chi connectivity index (χ1) is 9.33. The van der Waals surface area contributed by atoms with Crippen LogP contribution < -0.4 is 0 Å². The highest BCUT2D eigenvalue weighted by Gasteiger charge is 2.44. The molecular weight excluding hydrogens is 288 g/mol. The Balaban J connectivity index is 2.17. The van der Waals surface area contributed by atoms with E-state index >= 15 is 0 Å². The molecule has 0 aromatic heterocycles. The first kappa shape index (κ1) is 15.4. The van der Waals surface area contributed by atoms with Gasteiger partial charge in [0.15, 0.2) is 16.1 Å². The Morgan fingerprint density at radius 3 is 2.15 bits per heavy atom. The lowest BCUT2D eigenvalue weighted by molar-refractivity contribution is -0.276. The summed E-state index contributed by atoms with van der Waals surface area (Å²) in [6.07, 6.45) is -8.03. The third-order valence-electron chi connectivity index (χ3n) is 3.17. The maximum absolute atomic E-state index is 12.1. The fourth-order valence-electron chi connectivity index (χ4n) is 2.01. The van der Waals surface area contributed by atoms with Crippen molar-refractivity contribution in [2.45, 2.75) is 35.6 Å². The molecule has 7 nitrogen and oxygen atoms in total. The van der Waals surface area contributed by atoms with E-state index in [1.54, 1.807) is 18.2 Å². The summed E-state index contributed by atoms with van der Waals surface area (Å²) >= 11 is 0. The van der Waals surface area contributed by atoms with Gasteiger partial charge < -0.3 is 25.2 Å². The zero-order chi connectivity index (χ0) is 14.9. The number of hydrogen-bond acceptors (Lipinski definition) is 7. The van der Waals surface area contributed by atoms with Crippen molar-refractivity contribution in [1.29, 1.82) is 0 Å². The van der Waals surface area contributed by atoms with Crippen molar-refractivity contribution in [2.75, 3.05) is 5.75 Å². The van der Waals surface area contributed by atoms with Gasteiger partial charge in [-0.15, -0.1) is 0 Å². The summed E-state index contributed by atoms with van der Waals surface area (Å²) in [4.78, 5) is 0.0471. The van der Waals surface area contributed by atoms with Crippen LogP contribution in [0.4, 0.5) is 0 Å². The van der Waals surface area contributed by atoms with Gasteiger partial charge in [-0.1, -0.05) is 18.2 Å². The SMILES string of the molecule is O=S(=O)(C[C@H]1O[C@H](O)[C@@H](O)[C@@H](O)[C@@H]1O)c1ccccc1. The zero-order valence-corrected chi connectivity index (χ0v) is 11.2. The lowest BCUT2D eigenvalue weighted by Gasteiger charge is -2.38. The van der Waals surface area contributed by atoms with Crippen LogP contribution in [-0.2, 0) is 14.6 Å². The van der Waals surface area contributed by atoms with Crippen molar-refractivity contribution < 1.29 is 33.6 Å². The van der Waals surface area contributed by atoms with E-state index in [2.05, 4.69) is 0 Å². The molecular formula is C12H16O7S. The molecule has 1 aliphatic rings. The zero-order valence-electron chi connectivity index (χ0n) is 10.4. The normalized spacial score (nSPS) is 34.9. The monoisotopic (exact) mass is 304 g/mol. The molecule has 0 saturated carbocycles. The lowest BCUT2D eigenvalue weighted by atomic mass is 10.0. The van der Waals surface area contributed by atoms with E-state index in [0.29, 0.717) is 0 Å². The van der Waals surface area contributed by atoms with E-state index in [-0.39, 0.29) is 4.90 Å². The van der Waals surface area contributed by atoms with E-state index in [9.17, 15) is 28.8 Å². The fraction of sp³-hybridized carbons (Fsp3) is 0.500. The summed E-state index contributed by atoms with van der Waals surface area (Å²) in [5, 5.41) is 37.9. The van der Waals surface area contributed by atoms with Gasteiger partial charge in [-0.05, 0) is 12.1 Å². The van der Waals surface area contributed by atoms with E-state index in [1.165, 1.54) is 12.1 Å². The van der Waals surface area contributed by atoms with Gasteiger partial charge in [0.1, 0.15) is 24.4 Å². The van der Waals surface area contributed by atoms with E-state index in [1.807, 2.05) is 0 Å². The van der Waals surface area contributed by atoms with Gasteiger partial charge in [0, 0.05) is 0 Å². The summed E-state index contributed by atoms with van der Waals surface area (Å²) in [5.74, 6) is -0.612. The van der Waals surface area contributed by atoms with Crippen LogP contribution in [0.1, 0.15) is 0 Å². The first-order valence-electron chi connectivity index (χ1n) is 5.98. The average molecular weight is 304 g/mol. The number of aliphatic hydroxyl groups excluding tert-OH is 4. The highest BCUT2D eigenvalue weighted by molar-refractivity contribution is 7.91. The van der Waals surface area contributed by atoms with Crippen molar-refractivity contribution in [3.05, 3.63) is 30.3 Å². The number of sulfone groups is 1. The molecule has 20 heavy (non-hydrogen) atoms. The van der Waals surface area contributed by atoms with Crippen LogP contribution in [0.2, 0.25) is 0 Å². The van der Waals surface area contributed by atoms with Gasteiger partial charge in [0.05, 0.1) is 10.6 Å². The Morgan fingerprint density at radius 1 is 0.950 bits per heavy atom. The quantitative estimate of drug-likeness (QED) is 0.522. The van der Waals surface area contributed by atoms with Gasteiger partial charge >= 0.3 is 0 Å². The minimum Gasteiger partial charge on any atom is -0.388 e. The minimum atomic E-state index is -3.75. The molecule has 1 aromatic carbocycles. The predicted octanol–water partition coefficient (Wildman–Crippen LogP) is -1.74. The Morgan fingerprint density at radius 2 is 1.55 bits per heavy atom. The molecule has 8 heteroatoms. The molecule has 0 aliphatic carbocycles. The molecule has 0 spiro atoms. The lowest BCUT2D eigenvalue weighted by Crippen LogP contribution is -2.59. The molecule has 112 valence electrons. The molecule has 1 aliphatic heterocycles. The number of hydrogen-bond donors (Lipinski definition) is 4. The second kappa shape index (κ2) is 5.76. The summed E-state index contributed by atoms with van der Waals surface area (Å²) in [6, 6.07) is 7.56. The van der Waals surface area contributed by atoms with Gasteiger partial charge in [-0.2, -0.15) is 0 Å². The molecule has 2 rings (SSSR count). The molecule has 0 amide bonds. The van der Waals surface area contributed by atoms with E-state index < -0.39 is 46.3 Å². The molecule has 4 N–H and O–H groups in total. The van der Waals surface area contributed by atoms with Crippen LogP contribution in [0.25, 0.3) is 0 Å². The Labute approximate surface area is 116 Å². The average Bonchev–Trinajstić information content (AvgIpc) is 2.43. The smallest absolute Gasteiger partial charge is 0.183 e. The van der Waals surface area contributed by atoms with Crippen LogP contribution in [0.15, 0.2) is 35.2 Å². The summed E-state index contributed by atoms with van der Waals surface area (Å²) in [5.41, 5.74) is 0. The van der Waals surface area contributed by atoms with Gasteiger partial charge in [-0.3, -0.25) is 0 Å². The molecule has 0 bridgehead atoms. The van der Waals surface area contributed by atoms with Crippen LogP contribution >= 0.6 is 0 Å². The van der Waals surface area contributed by atoms with Crippen LogP contribution in [-0.4, -0.2) is 65.3 Å². The summed E-state index contributed by atoms with van der Waals surface area (Å²) in [6.45, 7) is 0. The topological polar surface area (TPSA) is 124 Å². The predicted molar refractivity (Wildman–Crippen MR) is 67.4 cm³/mol. The maximum Gasteiger partial charge on any atom is 0.183 e. The van der Waals surface area contributed by atoms with Crippen LogP contribution in [0, 0.1) is 0 Å². The van der Waals surface area contributed by atoms with E-state index in [4.69, 9.17) is 4.74 Å². The van der Waals surface area contributed by atoms with Crippen molar-refractivity contribution in [3.63, 3.8) is 0 Å². The summed E-state index contributed by atoms with van der Waals surface area (Å²) < 4.78 is 29.1. The summed E-state index contributed by atoms with van der Waals surface area (Å²) in [7, 11) is -3.75. The molecule has 0 radical (unpaired) electrons. The van der Waals surface area contributed by atoms with Gasteiger partial charge in [0.25, 0.3) is 0 Å². The second-order valence-corrected chi connectivity index (χ2v) is 6.67. The third kappa shape index (κ3) is 3.00. The number of aliphatic hydroxyl groups is 4. The maximum atomic E-state index is 12.1. The van der Waals surface area contributed by atoms with Gasteiger partial charge in [-0.25, -0.2) is 8.42 Å². The number of rotatable bonds is 3. The Kier molecular flexibility index (Phi) is 4.43. The van der Waals surface area contributed by atoms with Crippen LogP contribution in [0.3, 0.4) is 0 Å². The van der Waals surface area contributed by atoms with Crippen molar-refractivity contribution in [1.82, 2.24) is 0 Å². The van der Waals surface area contributed by atoms with Gasteiger partial charge in [0.2, 0.25) is 0 Å². The third-order valence-corrected chi connectivity index (χ3v) is 4.93. The largest absolute Gasteiger partial charge is 0.388 e.